The van der Waals surface area contributed by atoms with Gasteiger partial charge >= 0.3 is 16.4 Å². The van der Waals surface area contributed by atoms with E-state index in [2.05, 4.69) is 9.97 Å². The molecule has 1 saturated carbocycles. The first-order chi connectivity index (χ1) is 16.5. The molecule has 1 aromatic carbocycles. The highest BCUT2D eigenvalue weighted by Gasteiger charge is 2.63. The summed E-state index contributed by atoms with van der Waals surface area (Å²) in [7, 11) is -1.39. The van der Waals surface area contributed by atoms with Crippen LogP contribution in [0.5, 0.6) is 0 Å². The third-order valence-electron chi connectivity index (χ3n) is 6.64. The zero-order chi connectivity index (χ0) is 25.4. The minimum absolute atomic E-state index is 0.0678. The first-order valence-corrected chi connectivity index (χ1v) is 12.6. The molecule has 0 aliphatic heterocycles. The van der Waals surface area contributed by atoms with Crippen LogP contribution < -0.4 is 0 Å². The molecule has 1 aliphatic carbocycles. The van der Waals surface area contributed by atoms with E-state index >= 15 is 0 Å². The van der Waals surface area contributed by atoms with Crippen molar-refractivity contribution in [3.63, 3.8) is 0 Å². The normalized spacial score (nSPS) is 16.8. The van der Waals surface area contributed by atoms with Crippen molar-refractivity contribution in [2.24, 2.45) is 5.41 Å². The Labute approximate surface area is 202 Å². The van der Waals surface area contributed by atoms with Crippen LogP contribution in [0.1, 0.15) is 42.4 Å². The van der Waals surface area contributed by atoms with Crippen molar-refractivity contribution in [3.05, 3.63) is 71.9 Å². The molecule has 0 bridgehead atoms. The number of hydrogen-bond acceptors (Lipinski definition) is 5. The van der Waals surface area contributed by atoms with Crippen molar-refractivity contribution in [2.45, 2.75) is 44.4 Å². The van der Waals surface area contributed by atoms with E-state index in [4.69, 9.17) is 0 Å². The second-order valence-electron chi connectivity index (χ2n) is 8.99. The summed E-state index contributed by atoms with van der Waals surface area (Å²) in [6.45, 7) is 0. The average molecular weight is 509 g/mol. The smallest absolute Gasteiger partial charge is 0.386 e. The Hall–Kier alpha value is -2.76. The summed E-state index contributed by atoms with van der Waals surface area (Å²) in [5, 5.41) is 10.7. The fraction of sp³-hybridized carbons (Fsp3) is 0.417. The lowest BCUT2D eigenvalue weighted by molar-refractivity contribution is -0.285. The van der Waals surface area contributed by atoms with Crippen molar-refractivity contribution >= 4 is 10.2 Å². The molecular weight excluding hydrogens is 481 g/mol. The number of alkyl halides is 3. The molecule has 0 saturated heterocycles. The summed E-state index contributed by atoms with van der Waals surface area (Å²) in [5.74, 6) is 0.0678. The molecule has 7 nitrogen and oxygen atoms in total. The van der Waals surface area contributed by atoms with E-state index in [9.17, 15) is 26.7 Å². The fourth-order valence-corrected chi connectivity index (χ4v) is 5.27. The Morgan fingerprint density at radius 2 is 1.80 bits per heavy atom. The molecule has 188 valence electrons. The van der Waals surface area contributed by atoms with Gasteiger partial charge in [-0.2, -0.15) is 25.9 Å². The number of aryl methyl sites for hydroxylation is 2. The number of hydrogen-bond donors (Lipinski definition) is 1. The van der Waals surface area contributed by atoms with Crippen molar-refractivity contribution < 1.29 is 26.7 Å². The lowest BCUT2D eigenvalue weighted by Gasteiger charge is -2.45. The lowest BCUT2D eigenvalue weighted by Crippen LogP contribution is -2.48. The molecule has 3 aromatic rings. The highest BCUT2D eigenvalue weighted by Crippen LogP contribution is 2.59. The minimum Gasteiger partial charge on any atom is -0.386 e. The SMILES string of the molecule is CN(C)S(=O)(=O)n1cc(C(O)C2(C(F)(F)F)CCC2)nc1CCc1ccc(-c2ccccn2)cc1. The molecule has 2 aromatic heterocycles. The van der Waals surface area contributed by atoms with Crippen molar-refractivity contribution in [1.82, 2.24) is 18.2 Å². The second kappa shape index (κ2) is 9.36. The predicted octanol–water partition coefficient (Wildman–Crippen LogP) is 4.15. The number of halogens is 3. The topological polar surface area (TPSA) is 88.3 Å². The van der Waals surface area contributed by atoms with Gasteiger partial charge in [-0.25, -0.2) is 8.96 Å². The van der Waals surface area contributed by atoms with Crippen LogP contribution in [0.4, 0.5) is 13.2 Å². The van der Waals surface area contributed by atoms with Crippen LogP contribution in [0, 0.1) is 5.41 Å². The molecule has 1 fully saturated rings. The maximum Gasteiger partial charge on any atom is 0.397 e. The van der Waals surface area contributed by atoms with Crippen LogP contribution in [0.3, 0.4) is 0 Å². The van der Waals surface area contributed by atoms with E-state index < -0.39 is 27.9 Å². The van der Waals surface area contributed by atoms with Crippen molar-refractivity contribution in [3.8, 4) is 11.3 Å². The van der Waals surface area contributed by atoms with Gasteiger partial charge in [0.15, 0.2) is 0 Å². The highest BCUT2D eigenvalue weighted by atomic mass is 32.2. The maximum absolute atomic E-state index is 13.8. The van der Waals surface area contributed by atoms with Gasteiger partial charge in [-0.1, -0.05) is 36.8 Å². The zero-order valence-corrected chi connectivity index (χ0v) is 20.2. The summed E-state index contributed by atoms with van der Waals surface area (Å²) in [6, 6.07) is 13.2. The van der Waals surface area contributed by atoms with Gasteiger partial charge in [-0.3, -0.25) is 4.98 Å². The van der Waals surface area contributed by atoms with E-state index in [0.717, 1.165) is 31.3 Å². The Morgan fingerprint density at radius 1 is 1.11 bits per heavy atom. The standard InChI is InChI=1S/C24H27F3N4O3S/c1-30(2)35(33,34)31-16-20(22(32)23(13-5-14-23)24(25,26)27)29-21(31)12-9-17-7-10-18(11-8-17)19-6-3-4-15-28-19/h3-4,6-8,10-11,15-16,22,32H,5,9,12-14H2,1-2H3. The molecule has 0 amide bonds. The fourth-order valence-electron chi connectivity index (χ4n) is 4.28. The number of aliphatic hydroxyl groups excluding tert-OH is 1. The molecule has 1 N–H and O–H groups in total. The molecule has 1 aliphatic rings. The number of nitrogens with zero attached hydrogens (tertiary/aromatic N) is 4. The van der Waals surface area contributed by atoms with E-state index in [1.54, 1.807) is 6.20 Å². The van der Waals surface area contributed by atoms with Crippen LogP contribution in [0.25, 0.3) is 11.3 Å². The summed E-state index contributed by atoms with van der Waals surface area (Å²) < 4.78 is 68.9. The molecule has 4 rings (SSSR count). The predicted molar refractivity (Wildman–Crippen MR) is 125 cm³/mol. The highest BCUT2D eigenvalue weighted by molar-refractivity contribution is 7.87. The molecule has 0 spiro atoms. The van der Waals surface area contributed by atoms with Crippen LogP contribution in [-0.4, -0.2) is 52.0 Å². The zero-order valence-electron chi connectivity index (χ0n) is 19.4. The minimum atomic E-state index is -4.62. The number of rotatable bonds is 8. The number of pyridine rings is 1. The first kappa shape index (κ1) is 25.3. The molecule has 1 unspecified atom stereocenters. The number of benzene rings is 1. The Kier molecular flexibility index (Phi) is 6.78. The average Bonchev–Trinajstić information content (AvgIpc) is 3.22. The summed E-state index contributed by atoms with van der Waals surface area (Å²) in [6.07, 6.45) is -3.38. The summed E-state index contributed by atoms with van der Waals surface area (Å²) in [4.78, 5) is 8.50. The van der Waals surface area contributed by atoms with Crippen LogP contribution >= 0.6 is 0 Å². The van der Waals surface area contributed by atoms with E-state index in [-0.39, 0.29) is 30.8 Å². The van der Waals surface area contributed by atoms with E-state index in [0.29, 0.717) is 12.8 Å². The van der Waals surface area contributed by atoms with Crippen LogP contribution in [-0.2, 0) is 23.1 Å². The second-order valence-corrected chi connectivity index (χ2v) is 11.0. The summed E-state index contributed by atoms with van der Waals surface area (Å²) in [5.41, 5.74) is 0.0590. The molecule has 11 heteroatoms. The van der Waals surface area contributed by atoms with Crippen LogP contribution in [0.15, 0.2) is 54.9 Å². The van der Waals surface area contributed by atoms with Crippen LogP contribution in [0.2, 0.25) is 0 Å². The van der Waals surface area contributed by atoms with Gasteiger partial charge < -0.3 is 5.11 Å². The van der Waals surface area contributed by atoms with Gasteiger partial charge in [0, 0.05) is 38.5 Å². The van der Waals surface area contributed by atoms with Gasteiger partial charge in [0.05, 0.1) is 16.8 Å². The van der Waals surface area contributed by atoms with Gasteiger partial charge in [-0.15, -0.1) is 0 Å². The van der Waals surface area contributed by atoms with E-state index in [1.807, 2.05) is 42.5 Å². The molecular formula is C24H27F3N4O3S. The van der Waals surface area contributed by atoms with Gasteiger partial charge in [-0.05, 0) is 37.0 Å². The largest absolute Gasteiger partial charge is 0.397 e. The van der Waals surface area contributed by atoms with Gasteiger partial charge in [0.25, 0.3) is 0 Å². The first-order valence-electron chi connectivity index (χ1n) is 11.2. The molecule has 1 atom stereocenters. The molecule has 2 heterocycles. The maximum atomic E-state index is 13.8. The third kappa shape index (κ3) is 4.72. The van der Waals surface area contributed by atoms with Crippen molar-refractivity contribution in [1.29, 1.82) is 0 Å². The third-order valence-corrected chi connectivity index (χ3v) is 8.37. The van der Waals surface area contributed by atoms with Gasteiger partial charge in [0.1, 0.15) is 11.9 Å². The Balaban J connectivity index is 1.61. The lowest BCUT2D eigenvalue weighted by atomic mass is 9.64. The Morgan fingerprint density at radius 3 is 2.31 bits per heavy atom. The van der Waals surface area contributed by atoms with Crippen molar-refractivity contribution in [2.75, 3.05) is 14.1 Å². The number of aromatic nitrogens is 3. The Bertz CT molecular complexity index is 1270. The number of imidazole rings is 1. The molecule has 35 heavy (non-hydrogen) atoms. The van der Waals surface area contributed by atoms with E-state index in [1.165, 1.54) is 14.1 Å². The quantitative estimate of drug-likeness (QED) is 0.494. The van der Waals surface area contributed by atoms with Gasteiger partial charge in [0.2, 0.25) is 0 Å². The number of aliphatic hydroxyl groups is 1. The monoisotopic (exact) mass is 508 g/mol. The molecule has 0 radical (unpaired) electrons. The summed E-state index contributed by atoms with van der Waals surface area (Å²) >= 11 is 0.